The molecule has 0 aliphatic rings. The van der Waals surface area contributed by atoms with Gasteiger partial charge in [-0.25, -0.2) is 0 Å². The molecule has 1 N–H and O–H groups in total. The molecule has 8 heteroatoms. The third kappa shape index (κ3) is 4.36. The molecule has 2 aromatic rings. The number of amides is 1. The number of carbonyl (C=O) groups is 1. The molecular formula is C17H22N4O4. The van der Waals surface area contributed by atoms with Crippen LogP contribution in [0.2, 0.25) is 0 Å². The molecule has 1 aromatic carbocycles. The topological polar surface area (TPSA) is 91.9 Å². The number of hydrogen-bond acceptors (Lipinski definition) is 6. The van der Waals surface area contributed by atoms with Crippen LogP contribution in [0.5, 0.6) is 0 Å². The van der Waals surface area contributed by atoms with Crippen LogP contribution in [0.15, 0.2) is 41.0 Å². The molecule has 1 heterocycles. The first-order chi connectivity index (χ1) is 11.8. The lowest BCUT2D eigenvalue weighted by molar-refractivity contribution is -0.384. The summed E-state index contributed by atoms with van der Waals surface area (Å²) in [6, 6.07) is 7.75. The molecule has 0 aliphatic heterocycles. The van der Waals surface area contributed by atoms with Gasteiger partial charge in [-0.3, -0.25) is 19.8 Å². The average molecular weight is 346 g/mol. The number of likely N-dealkylation sites (N-methyl/N-ethyl adjacent to an activating group) is 1. The van der Waals surface area contributed by atoms with E-state index in [1.807, 2.05) is 25.1 Å². The Morgan fingerprint density at radius 2 is 2.00 bits per heavy atom. The third-order valence-corrected chi connectivity index (χ3v) is 3.87. The molecule has 0 radical (unpaired) electrons. The van der Waals surface area contributed by atoms with Crippen molar-refractivity contribution < 1.29 is 14.1 Å². The van der Waals surface area contributed by atoms with Crippen LogP contribution in [0.25, 0.3) is 0 Å². The maximum Gasteiger partial charge on any atom is 0.270 e. The van der Waals surface area contributed by atoms with Gasteiger partial charge in [0, 0.05) is 38.5 Å². The summed E-state index contributed by atoms with van der Waals surface area (Å²) in [5.41, 5.74) is 0.754. The van der Waals surface area contributed by atoms with Crippen molar-refractivity contribution in [2.75, 3.05) is 39.6 Å². The van der Waals surface area contributed by atoms with E-state index in [2.05, 4.69) is 5.32 Å². The molecule has 1 aromatic heterocycles. The van der Waals surface area contributed by atoms with Gasteiger partial charge in [-0.1, -0.05) is 0 Å². The van der Waals surface area contributed by atoms with E-state index in [0.717, 1.165) is 5.76 Å². The van der Waals surface area contributed by atoms with E-state index >= 15 is 0 Å². The summed E-state index contributed by atoms with van der Waals surface area (Å²) in [6.07, 6.45) is 1.58. The van der Waals surface area contributed by atoms with Crippen LogP contribution in [0.4, 0.5) is 11.4 Å². The van der Waals surface area contributed by atoms with Gasteiger partial charge in [-0.2, -0.15) is 0 Å². The van der Waals surface area contributed by atoms with Crippen molar-refractivity contribution in [1.29, 1.82) is 0 Å². The summed E-state index contributed by atoms with van der Waals surface area (Å²) in [5.74, 6) is 0.364. The van der Waals surface area contributed by atoms with Crippen molar-refractivity contribution >= 4 is 17.3 Å². The van der Waals surface area contributed by atoms with Gasteiger partial charge in [0.25, 0.3) is 11.6 Å². The number of rotatable bonds is 7. The Morgan fingerprint density at radius 3 is 2.52 bits per heavy atom. The van der Waals surface area contributed by atoms with E-state index in [-0.39, 0.29) is 23.2 Å². The number of benzene rings is 1. The molecular weight excluding hydrogens is 324 g/mol. The van der Waals surface area contributed by atoms with Gasteiger partial charge in [0.15, 0.2) is 0 Å². The molecule has 0 bridgehead atoms. The summed E-state index contributed by atoms with van der Waals surface area (Å²) in [4.78, 5) is 26.8. The predicted octanol–water partition coefficient (Wildman–Crippen LogP) is 2.29. The minimum absolute atomic E-state index is 0.119. The summed E-state index contributed by atoms with van der Waals surface area (Å²) < 4.78 is 5.42. The van der Waals surface area contributed by atoms with E-state index in [4.69, 9.17) is 4.42 Å². The Balaban J connectivity index is 2.22. The van der Waals surface area contributed by atoms with E-state index in [1.54, 1.807) is 37.4 Å². The van der Waals surface area contributed by atoms with E-state index < -0.39 is 4.92 Å². The van der Waals surface area contributed by atoms with Gasteiger partial charge < -0.3 is 14.6 Å². The fourth-order valence-corrected chi connectivity index (χ4v) is 2.51. The van der Waals surface area contributed by atoms with E-state index in [0.29, 0.717) is 12.2 Å². The Morgan fingerprint density at radius 1 is 1.28 bits per heavy atom. The van der Waals surface area contributed by atoms with Gasteiger partial charge in [0.2, 0.25) is 0 Å². The van der Waals surface area contributed by atoms with Crippen LogP contribution in [-0.4, -0.2) is 50.5 Å². The lowest BCUT2D eigenvalue weighted by Crippen LogP contribution is -2.35. The molecule has 1 atom stereocenters. The lowest BCUT2D eigenvalue weighted by atomic mass is 10.1. The minimum Gasteiger partial charge on any atom is -0.468 e. The Labute approximate surface area is 146 Å². The predicted molar refractivity (Wildman–Crippen MR) is 94.9 cm³/mol. The fraction of sp³-hybridized carbons (Fsp3) is 0.353. The van der Waals surface area contributed by atoms with Crippen LogP contribution < -0.4 is 10.2 Å². The number of nitrogens with one attached hydrogen (secondary N) is 1. The van der Waals surface area contributed by atoms with E-state index in [9.17, 15) is 14.9 Å². The van der Waals surface area contributed by atoms with Gasteiger partial charge in [-0.05, 0) is 32.3 Å². The number of nitro groups is 1. The molecule has 0 saturated carbocycles. The summed E-state index contributed by atoms with van der Waals surface area (Å²) >= 11 is 0. The zero-order chi connectivity index (χ0) is 18.6. The highest BCUT2D eigenvalue weighted by Crippen LogP contribution is 2.24. The SMILES string of the molecule is CN(C)c1ccc([N+](=O)[O-])cc1C(=O)NC[C@H](c1ccco1)N(C)C. The molecule has 8 nitrogen and oxygen atoms in total. The van der Waals surface area contributed by atoms with Crippen LogP contribution in [-0.2, 0) is 0 Å². The summed E-state index contributed by atoms with van der Waals surface area (Å²) in [6.45, 7) is 0.314. The Hall–Kier alpha value is -2.87. The first kappa shape index (κ1) is 18.5. The number of nitro benzene ring substituents is 1. The second-order valence-corrected chi connectivity index (χ2v) is 6.06. The zero-order valence-corrected chi connectivity index (χ0v) is 14.7. The van der Waals surface area contributed by atoms with Gasteiger partial charge in [-0.15, -0.1) is 0 Å². The second kappa shape index (κ2) is 7.80. The van der Waals surface area contributed by atoms with Gasteiger partial charge >= 0.3 is 0 Å². The number of hydrogen-bond donors (Lipinski definition) is 1. The highest BCUT2D eigenvalue weighted by atomic mass is 16.6. The molecule has 0 unspecified atom stereocenters. The van der Waals surface area contributed by atoms with Crippen LogP contribution in [0.1, 0.15) is 22.2 Å². The van der Waals surface area contributed by atoms with Crippen LogP contribution >= 0.6 is 0 Å². The molecule has 0 aliphatic carbocycles. The average Bonchev–Trinajstić information content (AvgIpc) is 3.07. The maximum atomic E-state index is 12.6. The van der Waals surface area contributed by atoms with E-state index in [1.165, 1.54) is 12.1 Å². The molecule has 134 valence electrons. The van der Waals surface area contributed by atoms with Gasteiger partial charge in [0.05, 0.1) is 22.8 Å². The second-order valence-electron chi connectivity index (χ2n) is 6.06. The number of non-ortho nitro benzene ring substituents is 1. The fourth-order valence-electron chi connectivity index (χ4n) is 2.51. The van der Waals surface area contributed by atoms with Crippen molar-refractivity contribution in [2.24, 2.45) is 0 Å². The summed E-state index contributed by atoms with van der Waals surface area (Å²) in [5, 5.41) is 13.8. The van der Waals surface area contributed by atoms with Crippen LogP contribution in [0.3, 0.4) is 0 Å². The van der Waals surface area contributed by atoms with Crippen molar-refractivity contribution in [2.45, 2.75) is 6.04 Å². The van der Waals surface area contributed by atoms with Gasteiger partial charge in [0.1, 0.15) is 5.76 Å². The van der Waals surface area contributed by atoms with Crippen molar-refractivity contribution in [3.8, 4) is 0 Å². The number of anilines is 1. The minimum atomic E-state index is -0.512. The molecule has 0 saturated heterocycles. The first-order valence-electron chi connectivity index (χ1n) is 7.75. The third-order valence-electron chi connectivity index (χ3n) is 3.87. The maximum absolute atomic E-state index is 12.6. The largest absolute Gasteiger partial charge is 0.468 e. The first-order valence-corrected chi connectivity index (χ1v) is 7.75. The number of nitrogens with zero attached hydrogens (tertiary/aromatic N) is 3. The molecule has 25 heavy (non-hydrogen) atoms. The Kier molecular flexibility index (Phi) is 5.76. The Bertz CT molecular complexity index is 741. The van der Waals surface area contributed by atoms with Crippen molar-refractivity contribution in [3.05, 3.63) is 58.0 Å². The summed E-state index contributed by atoms with van der Waals surface area (Å²) in [7, 11) is 7.34. The zero-order valence-electron chi connectivity index (χ0n) is 14.7. The molecule has 2 rings (SSSR count). The molecule has 0 fully saturated rings. The highest BCUT2D eigenvalue weighted by molar-refractivity contribution is 6.00. The van der Waals surface area contributed by atoms with Crippen molar-refractivity contribution in [3.63, 3.8) is 0 Å². The standard InChI is InChI=1S/C17H22N4O4/c1-19(2)14-8-7-12(21(23)24)10-13(14)17(22)18-11-15(20(3)4)16-6-5-9-25-16/h5-10,15H,11H2,1-4H3,(H,18,22)/t15-/m1/s1. The smallest absolute Gasteiger partial charge is 0.270 e. The molecule has 0 spiro atoms. The number of carbonyl (C=O) groups excluding carboxylic acids is 1. The lowest BCUT2D eigenvalue weighted by Gasteiger charge is -2.23. The number of furan rings is 1. The highest BCUT2D eigenvalue weighted by Gasteiger charge is 2.21. The quantitative estimate of drug-likeness (QED) is 0.611. The monoisotopic (exact) mass is 346 g/mol. The normalized spacial score (nSPS) is 12.0. The van der Waals surface area contributed by atoms with Crippen molar-refractivity contribution in [1.82, 2.24) is 10.2 Å². The molecule has 1 amide bonds. The van der Waals surface area contributed by atoms with Crippen LogP contribution in [0, 0.1) is 10.1 Å².